The molecule has 1 amide bonds. The van der Waals surface area contributed by atoms with E-state index in [4.69, 9.17) is 4.74 Å². The van der Waals surface area contributed by atoms with Crippen molar-refractivity contribution in [3.63, 3.8) is 0 Å². The first kappa shape index (κ1) is 14.2. The molecule has 0 saturated heterocycles. The smallest absolute Gasteiger partial charge is 0.407 e. The summed E-state index contributed by atoms with van der Waals surface area (Å²) in [6.45, 7) is 11.4. The van der Waals surface area contributed by atoms with Crippen molar-refractivity contribution >= 4 is 6.09 Å². The number of ether oxygens (including phenoxy) is 1. The van der Waals surface area contributed by atoms with E-state index in [2.05, 4.69) is 10.6 Å². The van der Waals surface area contributed by atoms with E-state index in [0.717, 1.165) is 19.5 Å². The van der Waals surface area contributed by atoms with Gasteiger partial charge in [0.15, 0.2) is 0 Å². The summed E-state index contributed by atoms with van der Waals surface area (Å²) in [5.41, 5.74) is -0.430. The largest absolute Gasteiger partial charge is 0.444 e. The summed E-state index contributed by atoms with van der Waals surface area (Å²) in [6, 6.07) is 0.139. The fourth-order valence-corrected chi connectivity index (χ4v) is 1.09. The van der Waals surface area contributed by atoms with Crippen molar-refractivity contribution in [3.8, 4) is 0 Å². The Morgan fingerprint density at radius 3 is 2.33 bits per heavy atom. The second-order valence-electron chi connectivity index (χ2n) is 4.56. The molecule has 1 atom stereocenters. The van der Waals surface area contributed by atoms with Crippen LogP contribution in [0.5, 0.6) is 0 Å². The SMILES string of the molecule is CCNC[C@H](CC)NC(=O)OC(C)(C)C. The van der Waals surface area contributed by atoms with Crippen LogP contribution in [0.4, 0.5) is 4.79 Å². The second-order valence-corrected chi connectivity index (χ2v) is 4.56. The molecule has 0 rings (SSSR count). The molecule has 0 spiro atoms. The molecule has 0 heterocycles. The standard InChI is InChI=1S/C11H24N2O2/c1-6-9(8-12-7-2)13-10(14)15-11(3,4)5/h9,12H,6-8H2,1-5H3,(H,13,14)/t9-/m0/s1. The molecule has 0 aromatic rings. The Morgan fingerprint density at radius 2 is 1.93 bits per heavy atom. The van der Waals surface area contributed by atoms with Gasteiger partial charge in [-0.15, -0.1) is 0 Å². The van der Waals surface area contributed by atoms with Crippen LogP contribution >= 0.6 is 0 Å². The van der Waals surface area contributed by atoms with Gasteiger partial charge in [0.25, 0.3) is 0 Å². The van der Waals surface area contributed by atoms with E-state index in [1.165, 1.54) is 0 Å². The zero-order valence-electron chi connectivity index (χ0n) is 10.5. The van der Waals surface area contributed by atoms with Gasteiger partial charge in [0.1, 0.15) is 5.60 Å². The molecule has 2 N–H and O–H groups in total. The quantitative estimate of drug-likeness (QED) is 0.738. The Morgan fingerprint density at radius 1 is 1.33 bits per heavy atom. The predicted molar refractivity (Wildman–Crippen MR) is 62.0 cm³/mol. The van der Waals surface area contributed by atoms with Crippen LogP contribution in [0.25, 0.3) is 0 Å². The van der Waals surface area contributed by atoms with Gasteiger partial charge in [-0.2, -0.15) is 0 Å². The van der Waals surface area contributed by atoms with Gasteiger partial charge in [0, 0.05) is 12.6 Å². The molecule has 0 aliphatic heterocycles. The molecule has 4 heteroatoms. The molecule has 0 saturated carbocycles. The maximum absolute atomic E-state index is 11.4. The van der Waals surface area contributed by atoms with Crippen LogP contribution in [-0.2, 0) is 4.74 Å². The van der Waals surface area contributed by atoms with Crippen LogP contribution in [0.2, 0.25) is 0 Å². The van der Waals surface area contributed by atoms with Crippen molar-refractivity contribution in [2.24, 2.45) is 0 Å². The van der Waals surface area contributed by atoms with E-state index in [1.54, 1.807) is 0 Å². The van der Waals surface area contributed by atoms with E-state index < -0.39 is 5.60 Å². The van der Waals surface area contributed by atoms with Crippen molar-refractivity contribution in [1.82, 2.24) is 10.6 Å². The van der Waals surface area contributed by atoms with E-state index in [-0.39, 0.29) is 12.1 Å². The lowest BCUT2D eigenvalue weighted by Gasteiger charge is -2.23. The van der Waals surface area contributed by atoms with Gasteiger partial charge < -0.3 is 15.4 Å². The highest BCUT2D eigenvalue weighted by Crippen LogP contribution is 2.06. The molecule has 0 fully saturated rings. The van der Waals surface area contributed by atoms with Gasteiger partial charge in [-0.1, -0.05) is 13.8 Å². The third-order valence-electron chi connectivity index (χ3n) is 1.85. The normalized spacial score (nSPS) is 13.4. The van der Waals surface area contributed by atoms with Crippen molar-refractivity contribution in [1.29, 1.82) is 0 Å². The zero-order valence-corrected chi connectivity index (χ0v) is 10.5. The number of likely N-dealkylation sites (N-methyl/N-ethyl adjacent to an activating group) is 1. The van der Waals surface area contributed by atoms with E-state index in [0.29, 0.717) is 0 Å². The Kier molecular flexibility index (Phi) is 6.32. The molecule has 0 aliphatic rings. The molecule has 0 aromatic carbocycles. The van der Waals surface area contributed by atoms with Gasteiger partial charge in [-0.25, -0.2) is 4.79 Å². The zero-order chi connectivity index (χ0) is 11.9. The Labute approximate surface area is 92.8 Å². The first-order valence-corrected chi connectivity index (χ1v) is 5.59. The molecule has 90 valence electrons. The highest BCUT2D eigenvalue weighted by molar-refractivity contribution is 5.68. The number of hydrogen-bond acceptors (Lipinski definition) is 3. The average Bonchev–Trinajstić information content (AvgIpc) is 2.09. The van der Waals surface area contributed by atoms with Crippen LogP contribution in [0.1, 0.15) is 41.0 Å². The minimum Gasteiger partial charge on any atom is -0.444 e. The molecule has 0 bridgehead atoms. The summed E-state index contributed by atoms with van der Waals surface area (Å²) in [7, 11) is 0. The van der Waals surface area contributed by atoms with Crippen molar-refractivity contribution in [3.05, 3.63) is 0 Å². The van der Waals surface area contributed by atoms with E-state index in [9.17, 15) is 4.79 Å². The first-order valence-electron chi connectivity index (χ1n) is 5.59. The summed E-state index contributed by atoms with van der Waals surface area (Å²) < 4.78 is 5.17. The highest BCUT2D eigenvalue weighted by Gasteiger charge is 2.18. The number of amides is 1. The summed E-state index contributed by atoms with van der Waals surface area (Å²) in [5, 5.41) is 6.03. The van der Waals surface area contributed by atoms with Crippen LogP contribution in [0.3, 0.4) is 0 Å². The maximum Gasteiger partial charge on any atom is 0.407 e. The first-order chi connectivity index (χ1) is 6.89. The lowest BCUT2D eigenvalue weighted by molar-refractivity contribution is 0.0503. The monoisotopic (exact) mass is 216 g/mol. The number of rotatable bonds is 5. The number of hydrogen-bond donors (Lipinski definition) is 2. The van der Waals surface area contributed by atoms with Crippen molar-refractivity contribution < 1.29 is 9.53 Å². The summed E-state index contributed by atoms with van der Waals surface area (Å²) in [4.78, 5) is 11.4. The Bertz CT molecular complexity index is 188. The van der Waals surface area contributed by atoms with Crippen LogP contribution in [0, 0.1) is 0 Å². The van der Waals surface area contributed by atoms with Gasteiger partial charge in [0.2, 0.25) is 0 Å². The van der Waals surface area contributed by atoms with Gasteiger partial charge >= 0.3 is 6.09 Å². The molecule has 0 radical (unpaired) electrons. The minimum atomic E-state index is -0.430. The molecule has 0 aromatic heterocycles. The number of nitrogens with one attached hydrogen (secondary N) is 2. The maximum atomic E-state index is 11.4. The predicted octanol–water partition coefficient (Wildman–Crippen LogP) is 1.90. The van der Waals surface area contributed by atoms with Gasteiger partial charge in [0.05, 0.1) is 0 Å². The van der Waals surface area contributed by atoms with Crippen LogP contribution in [0.15, 0.2) is 0 Å². The molecule has 15 heavy (non-hydrogen) atoms. The topological polar surface area (TPSA) is 50.4 Å². The fourth-order valence-electron chi connectivity index (χ4n) is 1.09. The molecule has 0 unspecified atom stereocenters. The third-order valence-corrected chi connectivity index (χ3v) is 1.85. The van der Waals surface area contributed by atoms with Gasteiger partial charge in [-0.3, -0.25) is 0 Å². The lowest BCUT2D eigenvalue weighted by Crippen LogP contribution is -2.43. The van der Waals surface area contributed by atoms with E-state index in [1.807, 2.05) is 34.6 Å². The molecular formula is C11H24N2O2. The van der Waals surface area contributed by atoms with Crippen LogP contribution in [-0.4, -0.2) is 30.8 Å². The van der Waals surface area contributed by atoms with Crippen LogP contribution < -0.4 is 10.6 Å². The highest BCUT2D eigenvalue weighted by atomic mass is 16.6. The fraction of sp³-hybridized carbons (Fsp3) is 0.909. The summed E-state index contributed by atoms with van der Waals surface area (Å²) in [5.74, 6) is 0. The Hall–Kier alpha value is -0.770. The minimum absolute atomic E-state index is 0.139. The number of alkyl carbamates (subject to hydrolysis) is 1. The number of carbonyl (C=O) groups is 1. The van der Waals surface area contributed by atoms with Crippen molar-refractivity contribution in [2.45, 2.75) is 52.7 Å². The average molecular weight is 216 g/mol. The Balaban J connectivity index is 3.91. The van der Waals surface area contributed by atoms with Gasteiger partial charge in [-0.05, 0) is 33.7 Å². The molecule has 4 nitrogen and oxygen atoms in total. The third kappa shape index (κ3) is 8.24. The molecular weight excluding hydrogens is 192 g/mol. The second kappa shape index (κ2) is 6.67. The summed E-state index contributed by atoms with van der Waals surface area (Å²) >= 11 is 0. The molecule has 0 aliphatic carbocycles. The lowest BCUT2D eigenvalue weighted by atomic mass is 10.2. The summed E-state index contributed by atoms with van der Waals surface area (Å²) in [6.07, 6.45) is 0.555. The number of carbonyl (C=O) groups excluding carboxylic acids is 1. The van der Waals surface area contributed by atoms with E-state index >= 15 is 0 Å². The van der Waals surface area contributed by atoms with Crippen molar-refractivity contribution in [2.75, 3.05) is 13.1 Å².